The van der Waals surface area contributed by atoms with Crippen LogP contribution in [0.3, 0.4) is 0 Å². The number of rotatable bonds is 6. The van der Waals surface area contributed by atoms with Crippen molar-refractivity contribution in [1.82, 2.24) is 9.78 Å². The lowest BCUT2D eigenvalue weighted by molar-refractivity contribution is 0.103. The van der Waals surface area contributed by atoms with E-state index in [0.717, 1.165) is 27.7 Å². The summed E-state index contributed by atoms with van der Waals surface area (Å²) in [6, 6.07) is 14.4. The van der Waals surface area contributed by atoms with Crippen molar-refractivity contribution in [1.29, 1.82) is 0 Å². The number of nitrogens with zero attached hydrogens (tertiary/aromatic N) is 2. The molecule has 2 aromatic heterocycles. The van der Waals surface area contributed by atoms with Gasteiger partial charge in [-0.3, -0.25) is 14.2 Å². The summed E-state index contributed by atoms with van der Waals surface area (Å²) in [7, 11) is -3.36. The van der Waals surface area contributed by atoms with Gasteiger partial charge >= 0.3 is 0 Å². The van der Waals surface area contributed by atoms with Crippen LogP contribution in [0.2, 0.25) is 0 Å². The van der Waals surface area contributed by atoms with Crippen LogP contribution in [0.5, 0.6) is 0 Å². The van der Waals surface area contributed by atoms with E-state index in [4.69, 9.17) is 0 Å². The first-order valence-electron chi connectivity index (χ1n) is 9.28. The number of carbonyl (C=O) groups excluding carboxylic acids is 1. The van der Waals surface area contributed by atoms with Gasteiger partial charge in [-0.25, -0.2) is 12.8 Å². The van der Waals surface area contributed by atoms with Crippen molar-refractivity contribution in [3.63, 3.8) is 0 Å². The van der Waals surface area contributed by atoms with Crippen molar-refractivity contribution < 1.29 is 17.6 Å². The monoisotopic (exact) mass is 458 g/mol. The van der Waals surface area contributed by atoms with Gasteiger partial charge in [0.05, 0.1) is 23.4 Å². The number of fused-ring (bicyclic) bond motifs is 1. The molecule has 4 aromatic rings. The molecule has 2 heterocycles. The summed E-state index contributed by atoms with van der Waals surface area (Å²) in [5, 5.41) is 8.25. The number of hydrogen-bond acceptors (Lipinski definition) is 5. The minimum absolute atomic E-state index is 0.266. The highest BCUT2D eigenvalue weighted by atomic mass is 32.2. The minimum Gasteiger partial charge on any atom is -0.321 e. The number of carbonyl (C=O) groups is 1. The lowest BCUT2D eigenvalue weighted by atomic mass is 10.2. The first-order chi connectivity index (χ1) is 14.7. The minimum atomic E-state index is -3.36. The number of anilines is 2. The molecular formula is C21H19FN4O3S2. The smallest absolute Gasteiger partial charge is 0.265 e. The highest BCUT2D eigenvalue weighted by Crippen LogP contribution is 2.29. The first-order valence-corrected chi connectivity index (χ1v) is 12.0. The molecule has 7 nitrogen and oxygen atoms in total. The van der Waals surface area contributed by atoms with Crippen molar-refractivity contribution in [3.8, 4) is 0 Å². The van der Waals surface area contributed by atoms with E-state index >= 15 is 0 Å². The molecule has 0 atom stereocenters. The fraction of sp³-hybridized carbons (Fsp3) is 0.143. The number of sulfonamides is 1. The molecule has 160 valence electrons. The average molecular weight is 459 g/mol. The Morgan fingerprint density at radius 3 is 2.39 bits per heavy atom. The number of amides is 1. The van der Waals surface area contributed by atoms with E-state index in [1.165, 1.54) is 23.5 Å². The van der Waals surface area contributed by atoms with E-state index < -0.39 is 10.0 Å². The molecule has 31 heavy (non-hydrogen) atoms. The summed E-state index contributed by atoms with van der Waals surface area (Å²) in [5.74, 6) is -0.557. The maximum absolute atomic E-state index is 13.2. The molecule has 0 fully saturated rings. The molecule has 0 aliphatic carbocycles. The molecule has 2 aromatic carbocycles. The molecule has 0 bridgehead atoms. The van der Waals surface area contributed by atoms with Gasteiger partial charge in [-0.2, -0.15) is 5.10 Å². The number of thiophene rings is 1. The Morgan fingerprint density at radius 1 is 1.10 bits per heavy atom. The van der Waals surface area contributed by atoms with Crippen molar-refractivity contribution >= 4 is 48.9 Å². The van der Waals surface area contributed by atoms with Gasteiger partial charge in [-0.15, -0.1) is 11.3 Å². The lowest BCUT2D eigenvalue weighted by Crippen LogP contribution is -2.11. The normalized spacial score (nSPS) is 11.6. The van der Waals surface area contributed by atoms with Crippen molar-refractivity contribution in [2.24, 2.45) is 0 Å². The number of nitrogens with one attached hydrogen (secondary N) is 2. The number of aromatic nitrogens is 2. The van der Waals surface area contributed by atoms with Crippen LogP contribution in [-0.2, 0) is 16.6 Å². The lowest BCUT2D eigenvalue weighted by Gasteiger charge is -2.07. The standard InChI is InChI=1S/C21H19FN4O3S2/c1-13-18-11-19(20(27)23-16-7-9-17(10-8-16)25-31(2,28)29)30-21(18)26(24-13)12-14-3-5-15(22)6-4-14/h3-11,25H,12H2,1-2H3,(H,23,27). The van der Waals surface area contributed by atoms with Crippen molar-refractivity contribution in [2.75, 3.05) is 16.3 Å². The van der Waals surface area contributed by atoms with Crippen LogP contribution >= 0.6 is 11.3 Å². The van der Waals surface area contributed by atoms with Crippen LogP contribution < -0.4 is 10.0 Å². The topological polar surface area (TPSA) is 93.1 Å². The second-order valence-corrected chi connectivity index (χ2v) is 9.88. The molecule has 0 saturated carbocycles. The van der Waals surface area contributed by atoms with Crippen molar-refractivity contribution in [3.05, 3.63) is 76.5 Å². The van der Waals surface area contributed by atoms with Gasteiger partial charge in [0.2, 0.25) is 10.0 Å². The largest absolute Gasteiger partial charge is 0.321 e. The van der Waals surface area contributed by atoms with Gasteiger partial charge in [0.25, 0.3) is 5.91 Å². The summed E-state index contributed by atoms with van der Waals surface area (Å²) in [6.45, 7) is 2.35. The molecule has 4 rings (SSSR count). The molecule has 0 aliphatic heterocycles. The number of halogens is 1. The molecule has 10 heteroatoms. The van der Waals surface area contributed by atoms with Gasteiger partial charge in [-0.05, 0) is 55.0 Å². The Labute approximate surface area is 182 Å². The molecular weight excluding hydrogens is 439 g/mol. The summed E-state index contributed by atoms with van der Waals surface area (Å²) >= 11 is 1.33. The predicted molar refractivity (Wildman–Crippen MR) is 121 cm³/mol. The molecule has 0 aliphatic rings. The van der Waals surface area contributed by atoms with E-state index in [2.05, 4.69) is 15.1 Å². The fourth-order valence-electron chi connectivity index (χ4n) is 3.12. The van der Waals surface area contributed by atoms with E-state index in [-0.39, 0.29) is 11.7 Å². The van der Waals surface area contributed by atoms with E-state index in [0.29, 0.717) is 22.8 Å². The van der Waals surface area contributed by atoms with Gasteiger partial charge in [0.15, 0.2) is 0 Å². The zero-order valence-electron chi connectivity index (χ0n) is 16.7. The fourth-order valence-corrected chi connectivity index (χ4v) is 4.74. The predicted octanol–water partition coefficient (Wildman–Crippen LogP) is 4.22. The second kappa shape index (κ2) is 8.12. The van der Waals surface area contributed by atoms with E-state index in [1.807, 2.05) is 11.6 Å². The summed E-state index contributed by atoms with van der Waals surface area (Å²) < 4.78 is 39.9. The summed E-state index contributed by atoms with van der Waals surface area (Å²) in [6.07, 6.45) is 1.07. The van der Waals surface area contributed by atoms with E-state index in [9.17, 15) is 17.6 Å². The zero-order valence-corrected chi connectivity index (χ0v) is 18.3. The molecule has 0 spiro atoms. The summed E-state index contributed by atoms with van der Waals surface area (Å²) in [4.78, 5) is 14.1. The molecule has 0 radical (unpaired) electrons. The van der Waals surface area contributed by atoms with Crippen LogP contribution in [0.4, 0.5) is 15.8 Å². The Kier molecular flexibility index (Phi) is 5.50. The Morgan fingerprint density at radius 2 is 1.74 bits per heavy atom. The van der Waals surface area contributed by atoms with Crippen LogP contribution in [0, 0.1) is 12.7 Å². The maximum Gasteiger partial charge on any atom is 0.265 e. The third-order valence-corrected chi connectivity index (χ3v) is 6.28. The summed E-state index contributed by atoms with van der Waals surface area (Å²) in [5.41, 5.74) is 2.68. The maximum atomic E-state index is 13.2. The first kappa shape index (κ1) is 21.0. The van der Waals surface area contributed by atoms with Gasteiger partial charge in [0.1, 0.15) is 10.6 Å². The third-order valence-electron chi connectivity index (χ3n) is 4.52. The van der Waals surface area contributed by atoms with Crippen LogP contribution in [0.25, 0.3) is 10.2 Å². The van der Waals surface area contributed by atoms with Gasteiger partial charge < -0.3 is 5.32 Å². The Balaban J connectivity index is 1.53. The Bertz CT molecular complexity index is 1360. The van der Waals surface area contributed by atoms with E-state index in [1.54, 1.807) is 42.5 Å². The molecule has 0 saturated heterocycles. The quantitative estimate of drug-likeness (QED) is 0.453. The van der Waals surface area contributed by atoms with Gasteiger partial charge in [-0.1, -0.05) is 12.1 Å². The highest BCUT2D eigenvalue weighted by molar-refractivity contribution is 7.92. The van der Waals surface area contributed by atoms with Crippen LogP contribution in [-0.4, -0.2) is 30.4 Å². The number of hydrogen-bond donors (Lipinski definition) is 2. The van der Waals surface area contributed by atoms with Crippen LogP contribution in [0.1, 0.15) is 20.9 Å². The number of benzene rings is 2. The molecule has 1 amide bonds. The highest BCUT2D eigenvalue weighted by Gasteiger charge is 2.17. The number of aryl methyl sites for hydroxylation is 1. The molecule has 0 unspecified atom stereocenters. The zero-order chi connectivity index (χ0) is 22.2. The second-order valence-electron chi connectivity index (χ2n) is 7.10. The SMILES string of the molecule is Cc1nn(Cc2ccc(F)cc2)c2sc(C(=O)Nc3ccc(NS(C)(=O)=O)cc3)cc12. The van der Waals surface area contributed by atoms with Crippen molar-refractivity contribution in [2.45, 2.75) is 13.5 Å². The third kappa shape index (κ3) is 4.92. The molecule has 2 N–H and O–H groups in total. The Hall–Kier alpha value is -3.24. The average Bonchev–Trinajstić information content (AvgIpc) is 3.26. The van der Waals surface area contributed by atoms with Gasteiger partial charge in [0, 0.05) is 16.8 Å². The van der Waals surface area contributed by atoms with Crippen LogP contribution in [0.15, 0.2) is 54.6 Å².